The second-order valence-corrected chi connectivity index (χ2v) is 8.05. The Morgan fingerprint density at radius 2 is 1.97 bits per heavy atom. The van der Waals surface area contributed by atoms with Crippen LogP contribution in [0.3, 0.4) is 0 Å². The van der Waals surface area contributed by atoms with Gasteiger partial charge in [-0.2, -0.15) is 4.68 Å². The molecule has 1 N–H and O–H groups in total. The highest BCUT2D eigenvalue weighted by atomic mass is 32.2. The molecule has 4 rings (SSSR count). The zero-order valence-corrected chi connectivity index (χ0v) is 18.2. The molecule has 2 heterocycles. The molecule has 11 nitrogen and oxygen atoms in total. The fraction of sp³-hybridized carbons (Fsp3) is 0.105. The molecule has 0 aliphatic rings. The molecule has 0 fully saturated rings. The van der Waals surface area contributed by atoms with Gasteiger partial charge < -0.3 is 10.1 Å². The lowest BCUT2D eigenvalue weighted by molar-refractivity contribution is -0.384. The number of amides is 1. The first kappa shape index (κ1) is 21.4. The van der Waals surface area contributed by atoms with Crippen LogP contribution in [0.25, 0.3) is 16.9 Å². The van der Waals surface area contributed by atoms with E-state index in [-0.39, 0.29) is 17.3 Å². The number of nitrogens with one attached hydrogen (secondary N) is 1. The molecule has 32 heavy (non-hydrogen) atoms. The topological polar surface area (TPSA) is 138 Å². The van der Waals surface area contributed by atoms with Gasteiger partial charge in [0.25, 0.3) is 5.69 Å². The van der Waals surface area contributed by atoms with Gasteiger partial charge in [-0.05, 0) is 46.8 Å². The molecule has 0 aliphatic heterocycles. The summed E-state index contributed by atoms with van der Waals surface area (Å²) in [6, 6.07) is 13.3. The van der Waals surface area contributed by atoms with Crippen molar-refractivity contribution in [1.82, 2.24) is 25.2 Å². The number of nitro groups is 1. The summed E-state index contributed by atoms with van der Waals surface area (Å²) in [5.41, 5.74) is 2.09. The van der Waals surface area contributed by atoms with Crippen LogP contribution in [0.4, 0.5) is 10.8 Å². The molecular formula is C19H15N7O4S2. The highest BCUT2D eigenvalue weighted by Crippen LogP contribution is 2.27. The smallest absolute Gasteiger partial charge is 0.269 e. The molecule has 0 spiro atoms. The first-order chi connectivity index (χ1) is 15.5. The largest absolute Gasteiger partial charge is 0.497 e. The third-order valence-electron chi connectivity index (χ3n) is 4.21. The second kappa shape index (κ2) is 9.53. The van der Waals surface area contributed by atoms with E-state index < -0.39 is 4.92 Å². The lowest BCUT2D eigenvalue weighted by Gasteiger charge is -2.05. The molecule has 4 aromatic rings. The lowest BCUT2D eigenvalue weighted by Crippen LogP contribution is -2.14. The third-order valence-corrected chi connectivity index (χ3v) is 5.89. The Morgan fingerprint density at radius 1 is 1.22 bits per heavy atom. The van der Waals surface area contributed by atoms with Crippen molar-refractivity contribution in [2.75, 3.05) is 18.2 Å². The van der Waals surface area contributed by atoms with E-state index in [1.54, 1.807) is 36.8 Å². The number of anilines is 1. The molecule has 0 aliphatic carbocycles. The van der Waals surface area contributed by atoms with Gasteiger partial charge in [0, 0.05) is 23.1 Å². The maximum atomic E-state index is 12.4. The van der Waals surface area contributed by atoms with Crippen molar-refractivity contribution in [3.8, 4) is 22.7 Å². The van der Waals surface area contributed by atoms with Gasteiger partial charge in [-0.25, -0.2) is 4.98 Å². The molecule has 162 valence electrons. The molecule has 0 unspecified atom stereocenters. The van der Waals surface area contributed by atoms with Crippen molar-refractivity contribution in [3.63, 3.8) is 0 Å². The summed E-state index contributed by atoms with van der Waals surface area (Å²) >= 11 is 2.46. The number of carbonyl (C=O) groups excluding carboxylic acids is 1. The van der Waals surface area contributed by atoms with Crippen molar-refractivity contribution in [2.24, 2.45) is 0 Å². The summed E-state index contributed by atoms with van der Waals surface area (Å²) < 4.78 is 6.68. The van der Waals surface area contributed by atoms with E-state index in [1.165, 1.54) is 39.9 Å². The van der Waals surface area contributed by atoms with Crippen LogP contribution in [-0.4, -0.2) is 48.9 Å². The molecule has 1 amide bonds. The Labute approximate surface area is 189 Å². The number of benzene rings is 2. The summed E-state index contributed by atoms with van der Waals surface area (Å²) in [5.74, 6) is 0.541. The summed E-state index contributed by atoms with van der Waals surface area (Å²) in [7, 11) is 1.59. The SMILES string of the molecule is COc1ccc(-n2nnnc2SCC(=O)Nc2nc(-c3ccc([N+](=O)[O-])cc3)cs2)cc1. The van der Waals surface area contributed by atoms with Crippen LogP contribution < -0.4 is 10.1 Å². The number of hydrogen-bond donors (Lipinski definition) is 1. The Hall–Kier alpha value is -3.84. The van der Waals surface area contributed by atoms with Crippen LogP contribution >= 0.6 is 23.1 Å². The highest BCUT2D eigenvalue weighted by Gasteiger charge is 2.14. The number of thioether (sulfide) groups is 1. The van der Waals surface area contributed by atoms with E-state index in [0.717, 1.165) is 11.3 Å². The number of thiazole rings is 1. The number of tetrazole rings is 1. The Kier molecular flexibility index (Phi) is 6.37. The predicted molar refractivity (Wildman–Crippen MR) is 119 cm³/mol. The number of aromatic nitrogens is 5. The van der Waals surface area contributed by atoms with Gasteiger partial charge in [-0.3, -0.25) is 14.9 Å². The summed E-state index contributed by atoms with van der Waals surface area (Å²) in [5, 5.41) is 27.8. The van der Waals surface area contributed by atoms with Crippen molar-refractivity contribution in [1.29, 1.82) is 0 Å². The average Bonchev–Trinajstić information content (AvgIpc) is 3.47. The van der Waals surface area contributed by atoms with E-state index in [4.69, 9.17) is 4.74 Å². The van der Waals surface area contributed by atoms with Crippen LogP contribution in [0.15, 0.2) is 59.1 Å². The van der Waals surface area contributed by atoms with Crippen LogP contribution in [0.2, 0.25) is 0 Å². The number of hydrogen-bond acceptors (Lipinski definition) is 10. The zero-order valence-electron chi connectivity index (χ0n) is 16.5. The van der Waals surface area contributed by atoms with Crippen molar-refractivity contribution < 1.29 is 14.5 Å². The highest BCUT2D eigenvalue weighted by molar-refractivity contribution is 7.99. The number of non-ortho nitro benzene ring substituents is 1. The molecule has 0 saturated heterocycles. The third kappa shape index (κ3) is 4.90. The summed E-state index contributed by atoms with van der Waals surface area (Å²) in [6.07, 6.45) is 0. The number of nitro benzene ring substituents is 1. The quantitative estimate of drug-likeness (QED) is 0.234. The van der Waals surface area contributed by atoms with E-state index in [2.05, 4.69) is 25.8 Å². The number of methoxy groups -OCH3 is 1. The van der Waals surface area contributed by atoms with Crippen molar-refractivity contribution in [2.45, 2.75) is 5.16 Å². The van der Waals surface area contributed by atoms with Gasteiger partial charge in [0.05, 0.1) is 29.2 Å². The van der Waals surface area contributed by atoms with E-state index in [0.29, 0.717) is 21.7 Å². The van der Waals surface area contributed by atoms with Gasteiger partial charge >= 0.3 is 0 Å². The standard InChI is InChI=1S/C19H15N7O4S2/c1-30-15-8-6-13(7-9-15)25-19(22-23-24-25)32-11-17(27)21-18-20-16(10-31-18)12-2-4-14(5-3-12)26(28)29/h2-10H,11H2,1H3,(H,20,21,27). The minimum atomic E-state index is -0.459. The molecule has 0 bridgehead atoms. The van der Waals surface area contributed by atoms with Crippen LogP contribution in [-0.2, 0) is 4.79 Å². The van der Waals surface area contributed by atoms with Gasteiger partial charge in [0.15, 0.2) is 5.13 Å². The molecule has 13 heteroatoms. The molecule has 0 radical (unpaired) electrons. The molecular weight excluding hydrogens is 454 g/mol. The molecule has 2 aromatic carbocycles. The number of carbonyl (C=O) groups is 1. The maximum Gasteiger partial charge on any atom is 0.269 e. The van der Waals surface area contributed by atoms with Crippen LogP contribution in [0, 0.1) is 10.1 Å². The Balaban J connectivity index is 1.36. The fourth-order valence-electron chi connectivity index (χ4n) is 2.66. The number of ether oxygens (including phenoxy) is 1. The average molecular weight is 470 g/mol. The Bertz CT molecular complexity index is 1240. The van der Waals surface area contributed by atoms with E-state index >= 15 is 0 Å². The van der Waals surface area contributed by atoms with E-state index in [1.807, 2.05) is 12.1 Å². The number of rotatable bonds is 8. The van der Waals surface area contributed by atoms with Gasteiger partial charge in [-0.15, -0.1) is 16.4 Å². The van der Waals surface area contributed by atoms with Crippen LogP contribution in [0.5, 0.6) is 5.75 Å². The summed E-state index contributed by atoms with van der Waals surface area (Å²) in [4.78, 5) is 27.1. The molecule has 2 aromatic heterocycles. The predicted octanol–water partition coefficient (Wildman–Crippen LogP) is 3.43. The normalized spacial score (nSPS) is 10.7. The van der Waals surface area contributed by atoms with Crippen molar-refractivity contribution >= 4 is 39.8 Å². The molecule has 0 atom stereocenters. The fourth-order valence-corrected chi connectivity index (χ4v) is 4.08. The maximum absolute atomic E-state index is 12.4. The minimum absolute atomic E-state index is 0.00603. The van der Waals surface area contributed by atoms with Crippen molar-refractivity contribution in [3.05, 3.63) is 64.0 Å². The van der Waals surface area contributed by atoms with Gasteiger partial charge in [-0.1, -0.05) is 11.8 Å². The lowest BCUT2D eigenvalue weighted by atomic mass is 10.1. The number of nitrogens with zero attached hydrogens (tertiary/aromatic N) is 6. The summed E-state index contributed by atoms with van der Waals surface area (Å²) in [6.45, 7) is 0. The minimum Gasteiger partial charge on any atom is -0.497 e. The molecule has 0 saturated carbocycles. The Morgan fingerprint density at radius 3 is 2.66 bits per heavy atom. The second-order valence-electron chi connectivity index (χ2n) is 6.25. The van der Waals surface area contributed by atoms with Crippen LogP contribution in [0.1, 0.15) is 0 Å². The van der Waals surface area contributed by atoms with Gasteiger partial charge in [0.1, 0.15) is 5.75 Å². The first-order valence-corrected chi connectivity index (χ1v) is 11.0. The zero-order chi connectivity index (χ0) is 22.5. The van der Waals surface area contributed by atoms with E-state index in [9.17, 15) is 14.9 Å². The van der Waals surface area contributed by atoms with Gasteiger partial charge in [0.2, 0.25) is 11.1 Å². The monoisotopic (exact) mass is 469 g/mol. The first-order valence-electron chi connectivity index (χ1n) is 9.09.